The lowest BCUT2D eigenvalue weighted by Crippen LogP contribution is -2.57. The van der Waals surface area contributed by atoms with E-state index < -0.39 is 53.5 Å². The first-order chi connectivity index (χ1) is 18.6. The number of methoxy groups -OCH3 is 1. The third-order valence-corrected chi connectivity index (χ3v) is 6.24. The second kappa shape index (κ2) is 14.1. The monoisotopic (exact) mass is 560 g/mol. The molecule has 0 spiro atoms. The summed E-state index contributed by atoms with van der Waals surface area (Å²) >= 11 is 0. The number of nitrogens with one attached hydrogen (secondary N) is 4. The quantitative estimate of drug-likeness (QED) is 0.286. The molecule has 0 saturated heterocycles. The van der Waals surface area contributed by atoms with Gasteiger partial charge in [-0.3, -0.25) is 14.4 Å². The molecule has 2 rings (SSSR count). The highest BCUT2D eigenvalue weighted by molar-refractivity contribution is 6.03. The Balaban J connectivity index is 2.35. The molecule has 11 nitrogen and oxygen atoms in total. The molecule has 11 heteroatoms. The number of fused-ring (bicyclic) bond motifs is 1. The van der Waals surface area contributed by atoms with Gasteiger partial charge in [0.25, 0.3) is 0 Å². The summed E-state index contributed by atoms with van der Waals surface area (Å²) in [6.07, 6.45) is -0.218. The number of benzene rings is 1. The number of rotatable bonds is 12. The van der Waals surface area contributed by atoms with Gasteiger partial charge in [0.05, 0.1) is 13.0 Å². The summed E-state index contributed by atoms with van der Waals surface area (Å²) in [5.74, 6) is -2.77. The van der Waals surface area contributed by atoms with Crippen LogP contribution >= 0.6 is 0 Å². The van der Waals surface area contributed by atoms with Crippen molar-refractivity contribution in [1.82, 2.24) is 16.0 Å². The van der Waals surface area contributed by atoms with Crippen molar-refractivity contribution in [3.05, 3.63) is 29.8 Å². The van der Waals surface area contributed by atoms with Crippen molar-refractivity contribution in [1.29, 1.82) is 0 Å². The number of hydrogen-bond donors (Lipinski definition) is 4. The fourth-order valence-corrected chi connectivity index (χ4v) is 4.50. The van der Waals surface area contributed by atoms with Crippen LogP contribution in [0.4, 0.5) is 10.5 Å². The van der Waals surface area contributed by atoms with Crippen LogP contribution in [0.25, 0.3) is 0 Å². The number of amides is 4. The third kappa shape index (κ3) is 9.84. The molecule has 4 atom stereocenters. The van der Waals surface area contributed by atoms with E-state index in [9.17, 15) is 24.0 Å². The van der Waals surface area contributed by atoms with Gasteiger partial charge < -0.3 is 30.7 Å². The summed E-state index contributed by atoms with van der Waals surface area (Å²) in [5.41, 5.74) is 0.574. The molecule has 0 aliphatic carbocycles. The summed E-state index contributed by atoms with van der Waals surface area (Å²) in [5, 5.41) is 10.8. The van der Waals surface area contributed by atoms with Crippen molar-refractivity contribution in [2.75, 3.05) is 12.4 Å². The van der Waals surface area contributed by atoms with Gasteiger partial charge in [0.2, 0.25) is 17.7 Å². The van der Waals surface area contributed by atoms with Crippen molar-refractivity contribution < 1.29 is 33.4 Å². The van der Waals surface area contributed by atoms with Crippen LogP contribution in [0.3, 0.4) is 0 Å². The van der Waals surface area contributed by atoms with Gasteiger partial charge in [-0.2, -0.15) is 0 Å². The van der Waals surface area contributed by atoms with Crippen molar-refractivity contribution in [3.63, 3.8) is 0 Å². The van der Waals surface area contributed by atoms with Gasteiger partial charge in [0, 0.05) is 5.69 Å². The van der Waals surface area contributed by atoms with Crippen LogP contribution in [0.5, 0.6) is 0 Å². The summed E-state index contributed by atoms with van der Waals surface area (Å²) in [6, 6.07) is 4.01. The molecular formula is C29H44N4O7. The van der Waals surface area contributed by atoms with Crippen molar-refractivity contribution in [3.8, 4) is 0 Å². The molecule has 0 fully saturated rings. The van der Waals surface area contributed by atoms with Gasteiger partial charge >= 0.3 is 12.1 Å². The number of anilines is 1. The summed E-state index contributed by atoms with van der Waals surface area (Å²) in [4.78, 5) is 64.8. The maximum atomic E-state index is 13.6. The van der Waals surface area contributed by atoms with Crippen molar-refractivity contribution in [2.24, 2.45) is 11.8 Å². The number of carbonyl (C=O) groups excluding carboxylic acids is 5. The molecular weight excluding hydrogens is 516 g/mol. The molecule has 40 heavy (non-hydrogen) atoms. The van der Waals surface area contributed by atoms with Crippen LogP contribution < -0.4 is 21.3 Å². The number of esters is 1. The van der Waals surface area contributed by atoms with Crippen LogP contribution in [0, 0.1) is 11.8 Å². The van der Waals surface area contributed by atoms with E-state index in [0.29, 0.717) is 17.7 Å². The van der Waals surface area contributed by atoms with Crippen LogP contribution in [-0.4, -0.2) is 60.6 Å². The summed E-state index contributed by atoms with van der Waals surface area (Å²) in [6.45, 7) is 12.7. The first kappa shape index (κ1) is 32.6. The fraction of sp³-hybridized carbons (Fsp3) is 0.621. The molecule has 4 amide bonds. The Morgan fingerprint density at radius 1 is 0.875 bits per heavy atom. The van der Waals surface area contributed by atoms with E-state index in [1.165, 1.54) is 7.11 Å². The zero-order valence-electron chi connectivity index (χ0n) is 24.8. The number of ether oxygens (including phenoxy) is 2. The molecule has 1 heterocycles. The fourth-order valence-electron chi connectivity index (χ4n) is 4.50. The Labute approximate surface area is 236 Å². The van der Waals surface area contributed by atoms with Gasteiger partial charge in [-0.05, 0) is 63.5 Å². The second-order valence-electron chi connectivity index (χ2n) is 12.0. The summed E-state index contributed by atoms with van der Waals surface area (Å²) < 4.78 is 10.2. The minimum Gasteiger partial charge on any atom is -0.467 e. The van der Waals surface area contributed by atoms with E-state index >= 15 is 0 Å². The number of carbonyl (C=O) groups is 5. The van der Waals surface area contributed by atoms with Crippen LogP contribution in [0.1, 0.15) is 79.2 Å². The van der Waals surface area contributed by atoms with E-state index in [1.54, 1.807) is 45.0 Å². The molecule has 222 valence electrons. The molecule has 4 N–H and O–H groups in total. The lowest BCUT2D eigenvalue weighted by atomic mass is 9.92. The number of para-hydroxylation sites is 1. The topological polar surface area (TPSA) is 152 Å². The highest BCUT2D eigenvalue weighted by atomic mass is 16.6. The van der Waals surface area contributed by atoms with Gasteiger partial charge in [0.1, 0.15) is 23.7 Å². The lowest BCUT2D eigenvalue weighted by molar-refractivity contribution is -0.146. The first-order valence-corrected chi connectivity index (χ1v) is 13.7. The highest BCUT2D eigenvalue weighted by Gasteiger charge is 2.37. The molecule has 0 bridgehead atoms. The highest BCUT2D eigenvalue weighted by Crippen LogP contribution is 2.35. The zero-order chi connectivity index (χ0) is 30.2. The molecule has 0 aromatic heterocycles. The second-order valence-corrected chi connectivity index (χ2v) is 12.0. The van der Waals surface area contributed by atoms with Crippen molar-refractivity contribution in [2.45, 2.75) is 97.4 Å². The lowest BCUT2D eigenvalue weighted by Gasteiger charge is -2.28. The third-order valence-electron chi connectivity index (χ3n) is 6.24. The average molecular weight is 561 g/mol. The predicted octanol–water partition coefficient (Wildman–Crippen LogP) is 3.24. The molecule has 1 aromatic carbocycles. The Bertz CT molecular complexity index is 1080. The first-order valence-electron chi connectivity index (χ1n) is 13.7. The standard InChI is InChI=1S/C29H44N4O7/c1-16(2)13-21(33-28(38)40-29(5,6)7)25(35)31-22(26(36)32-23(14-17(3)4)27(37)39-8)15-19-18-11-9-10-12-20(18)30-24(19)34/h9-12,16-17,19,21-23H,13-15H2,1-8H3,(H,30,34)(H,31,35)(H,32,36)(H,33,38)/t19?,21-,22-,23-/m0/s1. The number of hydrogen-bond acceptors (Lipinski definition) is 7. The smallest absolute Gasteiger partial charge is 0.408 e. The molecule has 1 aliphatic rings. The summed E-state index contributed by atoms with van der Waals surface area (Å²) in [7, 11) is 1.24. The average Bonchev–Trinajstić information content (AvgIpc) is 3.15. The largest absolute Gasteiger partial charge is 0.467 e. The van der Waals surface area contributed by atoms with E-state index in [4.69, 9.17) is 9.47 Å². The minimum atomic E-state index is -1.19. The van der Waals surface area contributed by atoms with Crippen LogP contribution in [0.2, 0.25) is 0 Å². The molecule has 1 aliphatic heterocycles. The van der Waals surface area contributed by atoms with Gasteiger partial charge in [-0.25, -0.2) is 9.59 Å². The Morgan fingerprint density at radius 3 is 2.00 bits per heavy atom. The van der Waals surface area contributed by atoms with E-state index in [2.05, 4.69) is 21.3 Å². The van der Waals surface area contributed by atoms with E-state index in [0.717, 1.165) is 0 Å². The van der Waals surface area contributed by atoms with Crippen molar-refractivity contribution >= 4 is 35.5 Å². The predicted molar refractivity (Wildman–Crippen MR) is 150 cm³/mol. The van der Waals surface area contributed by atoms with Gasteiger partial charge in [-0.15, -0.1) is 0 Å². The molecule has 1 aromatic rings. The SMILES string of the molecule is COC(=O)[C@H](CC(C)C)NC(=O)[C@H](CC1C(=O)Nc2ccccc21)NC(=O)[C@H](CC(C)C)NC(=O)OC(C)(C)C. The Hall–Kier alpha value is -3.63. The minimum absolute atomic E-state index is 0.0280. The van der Waals surface area contributed by atoms with Crippen LogP contribution in [0.15, 0.2) is 24.3 Å². The molecule has 1 unspecified atom stereocenters. The maximum absolute atomic E-state index is 13.6. The van der Waals surface area contributed by atoms with E-state index in [-0.39, 0.29) is 30.6 Å². The molecule has 0 radical (unpaired) electrons. The Kier molecular flexibility index (Phi) is 11.5. The zero-order valence-corrected chi connectivity index (χ0v) is 24.8. The maximum Gasteiger partial charge on any atom is 0.408 e. The normalized spacial score (nSPS) is 16.9. The Morgan fingerprint density at radius 2 is 1.43 bits per heavy atom. The number of alkyl carbamates (subject to hydrolysis) is 1. The van der Waals surface area contributed by atoms with E-state index in [1.807, 2.05) is 27.7 Å². The van der Waals surface area contributed by atoms with Gasteiger partial charge in [0.15, 0.2) is 0 Å². The molecule has 0 saturated carbocycles. The van der Waals surface area contributed by atoms with Crippen LogP contribution in [-0.2, 0) is 28.7 Å². The van der Waals surface area contributed by atoms with Gasteiger partial charge in [-0.1, -0.05) is 45.9 Å².